The Bertz CT molecular complexity index is 404. The van der Waals surface area contributed by atoms with Gasteiger partial charge in [-0.1, -0.05) is 15.9 Å². The molecule has 0 aliphatic heterocycles. The molecule has 1 rings (SSSR count). The van der Waals surface area contributed by atoms with Gasteiger partial charge < -0.3 is 10.0 Å². The maximum Gasteiger partial charge on any atom is 0.161 e. The number of rotatable bonds is 5. The Morgan fingerprint density at radius 3 is 2.71 bits per heavy atom. The average Bonchev–Trinajstić information content (AvgIpc) is 2.25. The first-order valence-corrected chi connectivity index (χ1v) is 6.40. The Labute approximate surface area is 111 Å². The summed E-state index contributed by atoms with van der Waals surface area (Å²) in [5.74, 6) is 0.0465. The number of hydrogen-bond donors (Lipinski definition) is 1. The molecule has 0 spiro atoms. The normalized spacial score (nSPS) is 12.3. The second-order valence-electron chi connectivity index (χ2n) is 4.28. The molecule has 1 aromatic rings. The Morgan fingerprint density at radius 1 is 1.53 bits per heavy atom. The van der Waals surface area contributed by atoms with Crippen molar-refractivity contribution in [3.05, 3.63) is 28.2 Å². The van der Waals surface area contributed by atoms with E-state index in [0.29, 0.717) is 12.0 Å². The zero-order valence-corrected chi connectivity index (χ0v) is 12.0. The van der Waals surface area contributed by atoms with E-state index in [0.717, 1.165) is 16.7 Å². The summed E-state index contributed by atoms with van der Waals surface area (Å²) < 4.78 is 0.898. The highest BCUT2D eigenvalue weighted by atomic mass is 79.9. The van der Waals surface area contributed by atoms with Crippen LogP contribution in [0.15, 0.2) is 22.7 Å². The molecule has 1 atom stereocenters. The van der Waals surface area contributed by atoms with E-state index in [2.05, 4.69) is 15.9 Å². The fourth-order valence-electron chi connectivity index (χ4n) is 1.62. The Balaban J connectivity index is 2.92. The van der Waals surface area contributed by atoms with Crippen molar-refractivity contribution in [2.45, 2.75) is 26.4 Å². The van der Waals surface area contributed by atoms with Crippen molar-refractivity contribution < 1.29 is 9.90 Å². The molecule has 1 aromatic carbocycles. The molecule has 0 aliphatic carbocycles. The van der Waals surface area contributed by atoms with Crippen LogP contribution in [0.25, 0.3) is 0 Å². The molecule has 0 radical (unpaired) electrons. The van der Waals surface area contributed by atoms with Gasteiger partial charge in [0.25, 0.3) is 0 Å². The molecule has 0 amide bonds. The van der Waals surface area contributed by atoms with Crippen molar-refractivity contribution in [1.82, 2.24) is 0 Å². The Morgan fingerprint density at radius 2 is 2.18 bits per heavy atom. The number of benzene rings is 1. The first kappa shape index (κ1) is 14.2. The predicted molar refractivity (Wildman–Crippen MR) is 73.7 cm³/mol. The van der Waals surface area contributed by atoms with Crippen LogP contribution in [0.5, 0.6) is 0 Å². The predicted octanol–water partition coefficient (Wildman–Crippen LogP) is 2.86. The van der Waals surface area contributed by atoms with Crippen LogP contribution in [0.3, 0.4) is 0 Å². The van der Waals surface area contributed by atoms with Gasteiger partial charge in [-0.3, -0.25) is 4.79 Å². The zero-order valence-electron chi connectivity index (χ0n) is 10.4. The first-order valence-electron chi connectivity index (χ1n) is 5.61. The monoisotopic (exact) mass is 299 g/mol. The van der Waals surface area contributed by atoms with Gasteiger partial charge in [-0.05, 0) is 38.5 Å². The number of aliphatic hydroxyl groups excluding tert-OH is 1. The van der Waals surface area contributed by atoms with Gasteiger partial charge >= 0.3 is 0 Å². The van der Waals surface area contributed by atoms with E-state index in [4.69, 9.17) is 0 Å². The molecule has 17 heavy (non-hydrogen) atoms. The van der Waals surface area contributed by atoms with Crippen molar-refractivity contribution in [2.24, 2.45) is 0 Å². The fraction of sp³-hybridized carbons (Fsp3) is 0.462. The van der Waals surface area contributed by atoms with Crippen LogP contribution < -0.4 is 4.90 Å². The van der Waals surface area contributed by atoms with Crippen molar-refractivity contribution in [3.8, 4) is 0 Å². The minimum atomic E-state index is -0.325. The summed E-state index contributed by atoms with van der Waals surface area (Å²) >= 11 is 3.37. The van der Waals surface area contributed by atoms with Crippen LogP contribution in [-0.2, 0) is 0 Å². The molecule has 4 heteroatoms. The van der Waals surface area contributed by atoms with E-state index in [9.17, 15) is 9.90 Å². The van der Waals surface area contributed by atoms with Crippen molar-refractivity contribution >= 4 is 27.4 Å². The van der Waals surface area contributed by atoms with Crippen LogP contribution in [0.4, 0.5) is 5.69 Å². The Hall–Kier alpha value is -0.870. The van der Waals surface area contributed by atoms with Gasteiger partial charge in [0, 0.05) is 29.3 Å². The van der Waals surface area contributed by atoms with Gasteiger partial charge in [-0.15, -0.1) is 0 Å². The number of aliphatic hydroxyl groups is 1. The van der Waals surface area contributed by atoms with E-state index in [1.54, 1.807) is 13.8 Å². The van der Waals surface area contributed by atoms with Gasteiger partial charge in [0.2, 0.25) is 0 Å². The molecular weight excluding hydrogens is 282 g/mol. The highest BCUT2D eigenvalue weighted by Crippen LogP contribution is 2.24. The summed E-state index contributed by atoms with van der Waals surface area (Å²) in [5.41, 5.74) is 1.61. The lowest BCUT2D eigenvalue weighted by Crippen LogP contribution is -2.23. The van der Waals surface area contributed by atoms with Crippen LogP contribution in [0, 0.1) is 0 Å². The number of Topliss-reactive ketones (excluding diaryl/α,β-unsaturated/α-hetero) is 1. The van der Waals surface area contributed by atoms with Crippen molar-refractivity contribution in [3.63, 3.8) is 0 Å². The van der Waals surface area contributed by atoms with Crippen LogP contribution >= 0.6 is 15.9 Å². The second kappa shape index (κ2) is 6.17. The van der Waals surface area contributed by atoms with Crippen molar-refractivity contribution in [1.29, 1.82) is 0 Å². The summed E-state index contributed by atoms with van der Waals surface area (Å²) in [6, 6.07) is 5.67. The third-order valence-corrected chi connectivity index (χ3v) is 3.12. The lowest BCUT2D eigenvalue weighted by molar-refractivity contribution is 0.101. The SMILES string of the molecule is CC(=O)c1cc(Br)ccc1N(C)CCC(C)O. The van der Waals surface area contributed by atoms with E-state index >= 15 is 0 Å². The van der Waals surface area contributed by atoms with Crippen molar-refractivity contribution in [2.75, 3.05) is 18.5 Å². The minimum Gasteiger partial charge on any atom is -0.393 e. The summed E-state index contributed by atoms with van der Waals surface area (Å²) in [4.78, 5) is 13.6. The lowest BCUT2D eigenvalue weighted by atomic mass is 10.1. The highest BCUT2D eigenvalue weighted by molar-refractivity contribution is 9.10. The molecule has 1 unspecified atom stereocenters. The van der Waals surface area contributed by atoms with E-state index < -0.39 is 0 Å². The fourth-order valence-corrected chi connectivity index (χ4v) is 1.99. The number of ketones is 1. The minimum absolute atomic E-state index is 0.0465. The summed E-state index contributed by atoms with van der Waals surface area (Å²) in [6.45, 7) is 4.05. The molecule has 3 nitrogen and oxygen atoms in total. The number of nitrogens with zero attached hydrogens (tertiary/aromatic N) is 1. The van der Waals surface area contributed by atoms with Crippen LogP contribution in [0.2, 0.25) is 0 Å². The summed E-state index contributed by atoms with van der Waals surface area (Å²) in [6.07, 6.45) is 0.359. The largest absolute Gasteiger partial charge is 0.393 e. The third kappa shape index (κ3) is 4.13. The average molecular weight is 300 g/mol. The van der Waals surface area contributed by atoms with Gasteiger partial charge in [-0.25, -0.2) is 0 Å². The molecule has 94 valence electrons. The van der Waals surface area contributed by atoms with Crippen LogP contribution in [0.1, 0.15) is 30.6 Å². The standard InChI is InChI=1S/C13H18BrNO2/c1-9(16)6-7-15(3)13-5-4-11(14)8-12(13)10(2)17/h4-5,8-9,16H,6-7H2,1-3H3. The molecule has 0 aromatic heterocycles. The lowest BCUT2D eigenvalue weighted by Gasteiger charge is -2.22. The van der Waals surface area contributed by atoms with Gasteiger partial charge in [0.15, 0.2) is 5.78 Å². The maximum absolute atomic E-state index is 11.6. The third-order valence-electron chi connectivity index (χ3n) is 2.63. The van der Waals surface area contributed by atoms with Gasteiger partial charge in [0.05, 0.1) is 6.10 Å². The van der Waals surface area contributed by atoms with E-state index in [1.165, 1.54) is 0 Å². The topological polar surface area (TPSA) is 40.5 Å². The summed E-state index contributed by atoms with van der Waals surface area (Å²) in [7, 11) is 1.93. The molecular formula is C13H18BrNO2. The Kier molecular flexibility index (Phi) is 5.15. The highest BCUT2D eigenvalue weighted by Gasteiger charge is 2.12. The zero-order chi connectivity index (χ0) is 13.0. The van der Waals surface area contributed by atoms with Crippen LogP contribution in [-0.4, -0.2) is 30.6 Å². The van der Waals surface area contributed by atoms with E-state index in [-0.39, 0.29) is 11.9 Å². The summed E-state index contributed by atoms with van der Waals surface area (Å²) in [5, 5.41) is 9.27. The van der Waals surface area contributed by atoms with Gasteiger partial charge in [-0.2, -0.15) is 0 Å². The number of hydrogen-bond acceptors (Lipinski definition) is 3. The van der Waals surface area contributed by atoms with Gasteiger partial charge in [0.1, 0.15) is 0 Å². The molecule has 0 saturated heterocycles. The molecule has 0 fully saturated rings. The number of halogens is 1. The number of anilines is 1. The molecule has 0 aliphatic rings. The molecule has 0 heterocycles. The first-order chi connectivity index (χ1) is 7.91. The smallest absolute Gasteiger partial charge is 0.161 e. The molecule has 0 saturated carbocycles. The second-order valence-corrected chi connectivity index (χ2v) is 5.19. The number of carbonyl (C=O) groups is 1. The molecule has 1 N–H and O–H groups in total. The quantitative estimate of drug-likeness (QED) is 0.850. The molecule has 0 bridgehead atoms. The van der Waals surface area contributed by atoms with E-state index in [1.807, 2.05) is 30.1 Å². The maximum atomic E-state index is 11.6. The number of carbonyl (C=O) groups excluding carboxylic acids is 1.